The summed E-state index contributed by atoms with van der Waals surface area (Å²) in [6.07, 6.45) is 9.73. The summed E-state index contributed by atoms with van der Waals surface area (Å²) < 4.78 is 16.2. The first kappa shape index (κ1) is 24.4. The molecule has 174 valence electrons. The molecule has 33 heavy (non-hydrogen) atoms. The molecule has 2 aromatic carbocycles. The lowest BCUT2D eigenvalue weighted by molar-refractivity contribution is -0.140. The number of hydrogen-bond donors (Lipinski definition) is 0. The Morgan fingerprint density at radius 3 is 2.73 bits per heavy atom. The molecule has 0 saturated carbocycles. The zero-order valence-corrected chi connectivity index (χ0v) is 19.6. The number of methoxy groups -OCH3 is 1. The zero-order chi connectivity index (χ0) is 23.5. The van der Waals surface area contributed by atoms with Crippen LogP contribution in [0, 0.1) is 12.0 Å². The van der Waals surface area contributed by atoms with Gasteiger partial charge in [0, 0.05) is 19.3 Å². The number of ketones is 1. The number of fused-ring (bicyclic) bond motifs is 1. The summed E-state index contributed by atoms with van der Waals surface area (Å²) in [7, 11) is 1.39. The Morgan fingerprint density at radius 1 is 1.06 bits per heavy atom. The number of esters is 1. The molecule has 1 heterocycles. The summed E-state index contributed by atoms with van der Waals surface area (Å²) in [6.45, 7) is 2.63. The molecule has 3 rings (SSSR count). The minimum absolute atomic E-state index is 0.183. The number of carbonyl (C=O) groups excluding carboxylic acids is 2. The van der Waals surface area contributed by atoms with Crippen molar-refractivity contribution in [2.75, 3.05) is 13.7 Å². The van der Waals surface area contributed by atoms with Crippen molar-refractivity contribution in [1.82, 2.24) is 0 Å². The summed E-state index contributed by atoms with van der Waals surface area (Å²) in [5, 5.41) is 0. The molecule has 0 spiro atoms. The van der Waals surface area contributed by atoms with Gasteiger partial charge in [0.25, 0.3) is 0 Å². The zero-order valence-electron chi connectivity index (χ0n) is 19.6. The largest absolute Gasteiger partial charge is 0.492 e. The van der Waals surface area contributed by atoms with Crippen LogP contribution in [0.4, 0.5) is 0 Å². The van der Waals surface area contributed by atoms with Crippen molar-refractivity contribution in [3.63, 3.8) is 0 Å². The molecule has 0 fully saturated rings. The topological polar surface area (TPSA) is 61.8 Å². The van der Waals surface area contributed by atoms with Crippen molar-refractivity contribution >= 4 is 11.8 Å². The minimum Gasteiger partial charge on any atom is -0.492 e. The van der Waals surface area contributed by atoms with Gasteiger partial charge in [0.15, 0.2) is 5.78 Å². The van der Waals surface area contributed by atoms with E-state index in [0.29, 0.717) is 31.6 Å². The average molecular weight is 449 g/mol. The highest BCUT2D eigenvalue weighted by atomic mass is 16.5. The van der Waals surface area contributed by atoms with Crippen LogP contribution in [0.3, 0.4) is 0 Å². The van der Waals surface area contributed by atoms with Gasteiger partial charge in [-0.05, 0) is 60.9 Å². The Balaban J connectivity index is 1.50. The summed E-state index contributed by atoms with van der Waals surface area (Å²) in [5.74, 6) is 4.52. The fraction of sp³-hybridized carbons (Fsp3) is 0.429. The van der Waals surface area contributed by atoms with Crippen LogP contribution in [0.2, 0.25) is 0 Å². The molecule has 0 aliphatic carbocycles. The first-order chi connectivity index (χ1) is 16.1. The molecule has 0 radical (unpaired) electrons. The van der Waals surface area contributed by atoms with E-state index in [1.54, 1.807) is 0 Å². The first-order valence-electron chi connectivity index (χ1n) is 11.7. The molecule has 1 aliphatic heterocycles. The molecule has 0 amide bonds. The van der Waals surface area contributed by atoms with Gasteiger partial charge in [-0.2, -0.15) is 0 Å². The number of Topliss-reactive ketones (excluding diaryl/α,β-unsaturated/α-hetero) is 1. The predicted molar refractivity (Wildman–Crippen MR) is 128 cm³/mol. The highest BCUT2D eigenvalue weighted by molar-refractivity contribution is 6.00. The van der Waals surface area contributed by atoms with Gasteiger partial charge in [-0.1, -0.05) is 43.5 Å². The Morgan fingerprint density at radius 2 is 1.91 bits per heavy atom. The number of aryl methyl sites for hydroxylation is 2. The second-order valence-electron chi connectivity index (χ2n) is 8.12. The third kappa shape index (κ3) is 6.86. The highest BCUT2D eigenvalue weighted by Gasteiger charge is 2.22. The minimum atomic E-state index is -0.241. The standard InChI is InChI=1S/C28H32O5/c1-3-10-23-21(14-16-24-25(29)18-20-33-28(23)24)11-6-4-5-9-19-32-26-13-8-7-12-22(26)15-17-27(30)31-2/h7-8,12-14,16H,3-6,10-11,15,17-18,20H2,1-2H3. The molecule has 1 aliphatic rings. The molecule has 0 aromatic heterocycles. The van der Waals surface area contributed by atoms with Gasteiger partial charge in [0.1, 0.15) is 17.6 Å². The maximum absolute atomic E-state index is 12.2. The van der Waals surface area contributed by atoms with E-state index in [2.05, 4.69) is 25.0 Å². The Hall–Kier alpha value is -3.26. The SMILES string of the molecule is CCCc1c(CCCCC#COc2ccccc2CCC(=O)OC)ccc2c1OCCC2=O. The number of unbranched alkanes of at least 4 members (excludes halogenated alkanes) is 2. The summed E-state index contributed by atoms with van der Waals surface area (Å²) in [4.78, 5) is 23.6. The van der Waals surface area contributed by atoms with E-state index < -0.39 is 0 Å². The Labute approximate surface area is 196 Å². The Bertz CT molecular complexity index is 1030. The fourth-order valence-electron chi connectivity index (χ4n) is 4.01. The lowest BCUT2D eigenvalue weighted by Gasteiger charge is -2.22. The number of rotatable bonds is 10. The van der Waals surface area contributed by atoms with Gasteiger partial charge in [-0.25, -0.2) is 0 Å². The first-order valence-corrected chi connectivity index (χ1v) is 11.7. The third-order valence-electron chi connectivity index (χ3n) is 5.76. The van der Waals surface area contributed by atoms with Crippen LogP contribution in [-0.4, -0.2) is 25.5 Å². The number of hydrogen-bond acceptors (Lipinski definition) is 5. The van der Waals surface area contributed by atoms with Crippen molar-refractivity contribution in [3.8, 4) is 23.5 Å². The number of ether oxygens (including phenoxy) is 3. The highest BCUT2D eigenvalue weighted by Crippen LogP contribution is 2.33. The molecule has 0 saturated heterocycles. The van der Waals surface area contributed by atoms with Crippen molar-refractivity contribution in [3.05, 3.63) is 58.7 Å². The lowest BCUT2D eigenvalue weighted by Crippen LogP contribution is -2.17. The predicted octanol–water partition coefficient (Wildman–Crippen LogP) is 5.46. The summed E-state index contributed by atoms with van der Waals surface area (Å²) in [5.41, 5.74) is 4.15. The van der Waals surface area contributed by atoms with Gasteiger partial charge < -0.3 is 14.2 Å². The molecule has 0 unspecified atom stereocenters. The van der Waals surface area contributed by atoms with Crippen LogP contribution in [0.25, 0.3) is 0 Å². The van der Waals surface area contributed by atoms with Crippen molar-refractivity contribution < 1.29 is 23.8 Å². The fourth-order valence-corrected chi connectivity index (χ4v) is 4.01. The van der Waals surface area contributed by atoms with Crippen LogP contribution < -0.4 is 9.47 Å². The van der Waals surface area contributed by atoms with Crippen LogP contribution in [0.15, 0.2) is 36.4 Å². The van der Waals surface area contributed by atoms with Gasteiger partial charge in [-0.3, -0.25) is 9.59 Å². The summed E-state index contributed by atoms with van der Waals surface area (Å²) in [6, 6.07) is 11.6. The average Bonchev–Trinajstić information content (AvgIpc) is 2.84. The number of para-hydroxylation sites is 1. The number of carbonyl (C=O) groups is 2. The van der Waals surface area contributed by atoms with Crippen molar-refractivity contribution in [2.24, 2.45) is 0 Å². The molecule has 0 bridgehead atoms. The van der Waals surface area contributed by atoms with E-state index in [4.69, 9.17) is 14.2 Å². The smallest absolute Gasteiger partial charge is 0.305 e. The van der Waals surface area contributed by atoms with Crippen LogP contribution in [0.1, 0.15) is 72.5 Å². The van der Waals surface area contributed by atoms with E-state index in [1.165, 1.54) is 18.2 Å². The quantitative estimate of drug-likeness (QED) is 0.274. The second kappa shape index (κ2) is 12.7. The Kier molecular flexibility index (Phi) is 9.38. The van der Waals surface area contributed by atoms with E-state index in [0.717, 1.165) is 55.4 Å². The molecule has 0 N–H and O–H groups in total. The molecular formula is C28H32O5. The maximum atomic E-state index is 12.2. The molecule has 2 aromatic rings. The van der Waals surface area contributed by atoms with E-state index in [9.17, 15) is 9.59 Å². The van der Waals surface area contributed by atoms with Crippen molar-refractivity contribution in [1.29, 1.82) is 0 Å². The van der Waals surface area contributed by atoms with E-state index in [1.807, 2.05) is 30.3 Å². The van der Waals surface area contributed by atoms with Gasteiger partial charge in [0.2, 0.25) is 0 Å². The normalized spacial score (nSPS) is 12.2. The van der Waals surface area contributed by atoms with Gasteiger partial charge in [-0.15, -0.1) is 0 Å². The van der Waals surface area contributed by atoms with Crippen molar-refractivity contribution in [2.45, 2.75) is 64.7 Å². The number of benzene rings is 2. The second-order valence-corrected chi connectivity index (χ2v) is 8.12. The maximum Gasteiger partial charge on any atom is 0.305 e. The van der Waals surface area contributed by atoms with E-state index in [-0.39, 0.29) is 11.8 Å². The monoisotopic (exact) mass is 448 g/mol. The molecule has 0 atom stereocenters. The molecular weight excluding hydrogens is 416 g/mol. The van der Waals surface area contributed by atoms with Gasteiger partial charge >= 0.3 is 5.97 Å². The molecule has 5 heteroatoms. The third-order valence-corrected chi connectivity index (χ3v) is 5.76. The summed E-state index contributed by atoms with van der Waals surface area (Å²) >= 11 is 0. The van der Waals surface area contributed by atoms with E-state index >= 15 is 0 Å². The lowest BCUT2D eigenvalue weighted by atomic mass is 9.92. The van der Waals surface area contributed by atoms with Crippen LogP contribution >= 0.6 is 0 Å². The van der Waals surface area contributed by atoms with Gasteiger partial charge in [0.05, 0.1) is 19.3 Å². The molecule has 5 nitrogen and oxygen atoms in total. The van der Waals surface area contributed by atoms with Crippen LogP contribution in [-0.2, 0) is 28.8 Å². The van der Waals surface area contributed by atoms with Crippen LogP contribution in [0.5, 0.6) is 11.5 Å².